The van der Waals surface area contributed by atoms with E-state index in [0.29, 0.717) is 13.1 Å². The molecule has 0 saturated carbocycles. The molecule has 1 atom stereocenters. The second-order valence-corrected chi connectivity index (χ2v) is 9.12. The van der Waals surface area contributed by atoms with Crippen LogP contribution in [0.15, 0.2) is 115 Å². The molecule has 4 rings (SSSR count). The summed E-state index contributed by atoms with van der Waals surface area (Å²) in [7, 11) is 0. The molecule has 0 spiro atoms. The molecule has 4 aromatic carbocycles. The van der Waals surface area contributed by atoms with Gasteiger partial charge >= 0.3 is 0 Å². The molecular weight excluding hydrogens is 438 g/mol. The van der Waals surface area contributed by atoms with Crippen LogP contribution in [0.2, 0.25) is 0 Å². The van der Waals surface area contributed by atoms with Crippen molar-refractivity contribution in [1.82, 2.24) is 4.90 Å². The van der Waals surface area contributed by atoms with Crippen molar-refractivity contribution in [2.24, 2.45) is 0 Å². The van der Waals surface area contributed by atoms with E-state index in [-0.39, 0.29) is 11.8 Å². The fraction of sp³-hybridized carbons (Fsp3) is 0.194. The molecule has 0 fully saturated rings. The van der Waals surface area contributed by atoms with Crippen LogP contribution >= 0.6 is 11.6 Å². The van der Waals surface area contributed by atoms with E-state index >= 15 is 0 Å². The number of alkyl halides is 1. The molecule has 172 valence electrons. The lowest BCUT2D eigenvalue weighted by Crippen LogP contribution is -2.34. The largest absolute Gasteiger partial charge is 0.337 e. The number of halogens is 1. The maximum atomic E-state index is 13.6. The Hall–Kier alpha value is -3.36. The zero-order chi connectivity index (χ0) is 23.8. The van der Waals surface area contributed by atoms with Crippen molar-refractivity contribution < 1.29 is 4.79 Å². The standard InChI is InChI=1S/C31H30ClNO/c1-24-17-19-25(20-18-24)23-33(31(34)30(32)28-15-9-4-10-16-28)22-21-29(26-11-5-2-6-12-26)27-13-7-3-8-14-27/h2-20,29-30H,21-23H2,1H3. The van der Waals surface area contributed by atoms with Crippen LogP contribution < -0.4 is 0 Å². The van der Waals surface area contributed by atoms with Crippen molar-refractivity contribution in [3.05, 3.63) is 143 Å². The summed E-state index contributed by atoms with van der Waals surface area (Å²) in [4.78, 5) is 15.5. The molecule has 0 radical (unpaired) electrons. The van der Waals surface area contributed by atoms with Gasteiger partial charge in [0.25, 0.3) is 0 Å². The molecule has 1 amide bonds. The molecule has 0 aliphatic rings. The van der Waals surface area contributed by atoms with Crippen LogP contribution in [0.25, 0.3) is 0 Å². The van der Waals surface area contributed by atoms with Gasteiger partial charge in [-0.15, -0.1) is 11.6 Å². The fourth-order valence-electron chi connectivity index (χ4n) is 4.29. The third-order valence-electron chi connectivity index (χ3n) is 6.21. The quantitative estimate of drug-likeness (QED) is 0.233. The van der Waals surface area contributed by atoms with Gasteiger partial charge in [-0.25, -0.2) is 0 Å². The van der Waals surface area contributed by atoms with Crippen LogP contribution in [-0.2, 0) is 11.3 Å². The molecule has 0 aromatic heterocycles. The predicted octanol–water partition coefficient (Wildman–Crippen LogP) is 7.53. The van der Waals surface area contributed by atoms with Gasteiger partial charge < -0.3 is 4.90 Å². The Morgan fingerprint density at radius 3 is 1.68 bits per heavy atom. The normalized spacial score (nSPS) is 11.9. The monoisotopic (exact) mass is 467 g/mol. The van der Waals surface area contributed by atoms with Gasteiger partial charge in [0.05, 0.1) is 0 Å². The topological polar surface area (TPSA) is 20.3 Å². The molecule has 0 aliphatic heterocycles. The van der Waals surface area contributed by atoms with Crippen molar-refractivity contribution >= 4 is 17.5 Å². The van der Waals surface area contributed by atoms with Gasteiger partial charge in [-0.2, -0.15) is 0 Å². The summed E-state index contributed by atoms with van der Waals surface area (Å²) in [6, 6.07) is 39.0. The number of carbonyl (C=O) groups is 1. The number of hydrogen-bond acceptors (Lipinski definition) is 1. The van der Waals surface area contributed by atoms with E-state index in [1.165, 1.54) is 16.7 Å². The third-order valence-corrected chi connectivity index (χ3v) is 6.64. The summed E-state index contributed by atoms with van der Waals surface area (Å²) in [5.41, 5.74) is 5.63. The molecule has 0 N–H and O–H groups in total. The first kappa shape index (κ1) is 23.8. The number of rotatable bonds is 9. The summed E-state index contributed by atoms with van der Waals surface area (Å²) < 4.78 is 0. The highest BCUT2D eigenvalue weighted by atomic mass is 35.5. The van der Waals surface area contributed by atoms with E-state index in [4.69, 9.17) is 11.6 Å². The van der Waals surface area contributed by atoms with Gasteiger partial charge in [0.1, 0.15) is 5.38 Å². The Kier molecular flexibility index (Phi) is 8.17. The van der Waals surface area contributed by atoms with E-state index < -0.39 is 5.38 Å². The molecule has 0 heterocycles. The maximum Gasteiger partial charge on any atom is 0.245 e. The zero-order valence-corrected chi connectivity index (χ0v) is 20.2. The Labute approximate surface area is 207 Å². The smallest absolute Gasteiger partial charge is 0.245 e. The maximum absolute atomic E-state index is 13.6. The summed E-state index contributed by atoms with van der Waals surface area (Å²) in [6.07, 6.45) is 0.810. The summed E-state index contributed by atoms with van der Waals surface area (Å²) >= 11 is 6.70. The highest BCUT2D eigenvalue weighted by molar-refractivity contribution is 6.30. The van der Waals surface area contributed by atoms with Crippen LogP contribution in [0.3, 0.4) is 0 Å². The van der Waals surface area contributed by atoms with Crippen molar-refractivity contribution in [2.75, 3.05) is 6.54 Å². The minimum Gasteiger partial charge on any atom is -0.337 e. The lowest BCUT2D eigenvalue weighted by molar-refractivity contribution is -0.131. The van der Waals surface area contributed by atoms with Crippen LogP contribution in [0.5, 0.6) is 0 Å². The Morgan fingerprint density at radius 1 is 0.706 bits per heavy atom. The molecule has 3 heteroatoms. The molecular formula is C31H30ClNO. The number of nitrogens with zero attached hydrogens (tertiary/aromatic N) is 1. The summed E-state index contributed by atoms with van der Waals surface area (Å²) in [5, 5.41) is -0.710. The molecule has 0 saturated heterocycles. The van der Waals surface area contributed by atoms with Gasteiger partial charge in [-0.3, -0.25) is 4.79 Å². The van der Waals surface area contributed by atoms with E-state index in [0.717, 1.165) is 17.5 Å². The van der Waals surface area contributed by atoms with Gasteiger partial charge in [-0.05, 0) is 35.6 Å². The zero-order valence-electron chi connectivity index (χ0n) is 19.5. The first-order valence-electron chi connectivity index (χ1n) is 11.7. The van der Waals surface area contributed by atoms with Crippen molar-refractivity contribution in [1.29, 1.82) is 0 Å². The fourth-order valence-corrected chi connectivity index (χ4v) is 4.57. The van der Waals surface area contributed by atoms with Crippen LogP contribution in [0, 0.1) is 6.92 Å². The molecule has 0 bridgehead atoms. The predicted molar refractivity (Wildman–Crippen MR) is 141 cm³/mol. The van der Waals surface area contributed by atoms with Crippen LogP contribution in [0.4, 0.5) is 0 Å². The number of aryl methyl sites for hydroxylation is 1. The molecule has 2 nitrogen and oxygen atoms in total. The molecule has 0 aliphatic carbocycles. The first-order valence-corrected chi connectivity index (χ1v) is 12.2. The van der Waals surface area contributed by atoms with Crippen molar-refractivity contribution in [3.63, 3.8) is 0 Å². The third kappa shape index (κ3) is 6.15. The van der Waals surface area contributed by atoms with Gasteiger partial charge in [-0.1, -0.05) is 121 Å². The number of amides is 1. The van der Waals surface area contributed by atoms with Crippen LogP contribution in [-0.4, -0.2) is 17.4 Å². The van der Waals surface area contributed by atoms with Crippen LogP contribution in [0.1, 0.15) is 45.5 Å². The lowest BCUT2D eigenvalue weighted by atomic mass is 9.88. The van der Waals surface area contributed by atoms with Gasteiger partial charge in [0.2, 0.25) is 5.91 Å². The SMILES string of the molecule is Cc1ccc(CN(CCC(c2ccccc2)c2ccccc2)C(=O)C(Cl)c2ccccc2)cc1. The Morgan fingerprint density at radius 2 is 1.18 bits per heavy atom. The summed E-state index contributed by atoms with van der Waals surface area (Å²) in [6.45, 7) is 3.21. The van der Waals surface area contributed by atoms with Gasteiger partial charge in [0, 0.05) is 19.0 Å². The van der Waals surface area contributed by atoms with E-state index in [2.05, 4.69) is 79.7 Å². The lowest BCUT2D eigenvalue weighted by Gasteiger charge is -2.28. The average Bonchev–Trinajstić information content (AvgIpc) is 2.90. The summed E-state index contributed by atoms with van der Waals surface area (Å²) in [5.74, 6) is 0.134. The van der Waals surface area contributed by atoms with Gasteiger partial charge in [0.15, 0.2) is 0 Å². The van der Waals surface area contributed by atoms with E-state index in [1.54, 1.807) is 0 Å². The molecule has 1 unspecified atom stereocenters. The van der Waals surface area contributed by atoms with E-state index in [9.17, 15) is 4.79 Å². The second-order valence-electron chi connectivity index (χ2n) is 8.68. The Balaban J connectivity index is 1.59. The highest BCUT2D eigenvalue weighted by Gasteiger charge is 2.25. The molecule has 4 aromatic rings. The number of carbonyl (C=O) groups excluding carboxylic acids is 1. The minimum atomic E-state index is -0.710. The van der Waals surface area contributed by atoms with E-state index in [1.807, 2.05) is 47.4 Å². The average molecular weight is 468 g/mol. The second kappa shape index (κ2) is 11.7. The first-order chi connectivity index (χ1) is 16.6. The van der Waals surface area contributed by atoms with Crippen molar-refractivity contribution in [3.8, 4) is 0 Å². The number of benzene rings is 4. The minimum absolute atomic E-state index is 0.0617. The molecule has 34 heavy (non-hydrogen) atoms. The highest BCUT2D eigenvalue weighted by Crippen LogP contribution is 2.30. The van der Waals surface area contributed by atoms with Crippen molar-refractivity contribution in [2.45, 2.75) is 31.2 Å². The number of hydrogen-bond donors (Lipinski definition) is 0. The Bertz CT molecular complexity index is 1120.